The van der Waals surface area contributed by atoms with E-state index in [0.29, 0.717) is 11.4 Å². The molecule has 1 heterocycles. The topological polar surface area (TPSA) is 97.3 Å². The van der Waals surface area contributed by atoms with Gasteiger partial charge in [0, 0.05) is 24.4 Å². The van der Waals surface area contributed by atoms with Gasteiger partial charge in [-0.15, -0.1) is 0 Å². The van der Waals surface area contributed by atoms with Crippen molar-refractivity contribution in [3.63, 3.8) is 0 Å². The molecule has 1 N–H and O–H groups in total. The van der Waals surface area contributed by atoms with Crippen molar-refractivity contribution in [3.8, 4) is 5.75 Å². The van der Waals surface area contributed by atoms with Crippen molar-refractivity contribution in [1.82, 2.24) is 4.90 Å². The SMILES string of the molecule is CCOC(=O)C(C)N1C[C@@H](c2ccc(OC)cc2)C(C=NC(=O)Nc2ccc(F)cc2)C1=O. The Labute approximate surface area is 191 Å². The molecule has 8 nitrogen and oxygen atoms in total. The van der Waals surface area contributed by atoms with E-state index < -0.39 is 29.8 Å². The first-order valence-corrected chi connectivity index (χ1v) is 10.6. The lowest BCUT2D eigenvalue weighted by molar-refractivity contribution is -0.152. The number of rotatable bonds is 7. The van der Waals surface area contributed by atoms with Gasteiger partial charge in [0.25, 0.3) is 0 Å². The van der Waals surface area contributed by atoms with Gasteiger partial charge in [-0.25, -0.2) is 19.0 Å². The number of anilines is 1. The third-order valence-corrected chi connectivity index (χ3v) is 5.48. The van der Waals surface area contributed by atoms with Crippen LogP contribution in [-0.2, 0) is 14.3 Å². The monoisotopic (exact) mass is 455 g/mol. The first-order chi connectivity index (χ1) is 15.8. The number of benzene rings is 2. The molecule has 1 aliphatic rings. The minimum Gasteiger partial charge on any atom is -0.497 e. The van der Waals surface area contributed by atoms with E-state index in [4.69, 9.17) is 9.47 Å². The molecule has 174 valence electrons. The Morgan fingerprint density at radius 1 is 1.21 bits per heavy atom. The summed E-state index contributed by atoms with van der Waals surface area (Å²) in [7, 11) is 1.56. The Morgan fingerprint density at radius 3 is 2.48 bits per heavy atom. The summed E-state index contributed by atoms with van der Waals surface area (Å²) in [6.45, 7) is 3.79. The first kappa shape index (κ1) is 23.9. The minimum absolute atomic E-state index is 0.210. The number of halogens is 1. The number of nitrogens with one attached hydrogen (secondary N) is 1. The molecule has 0 bridgehead atoms. The second kappa shape index (κ2) is 10.7. The molecule has 0 aliphatic carbocycles. The number of hydrogen-bond acceptors (Lipinski definition) is 5. The highest BCUT2D eigenvalue weighted by atomic mass is 19.1. The van der Waals surface area contributed by atoms with Crippen molar-refractivity contribution >= 4 is 29.8 Å². The van der Waals surface area contributed by atoms with E-state index in [2.05, 4.69) is 10.3 Å². The Morgan fingerprint density at radius 2 is 1.88 bits per heavy atom. The fraction of sp³-hybridized carbons (Fsp3) is 0.333. The van der Waals surface area contributed by atoms with Crippen molar-refractivity contribution in [1.29, 1.82) is 0 Å². The van der Waals surface area contributed by atoms with Crippen LogP contribution in [0, 0.1) is 11.7 Å². The number of likely N-dealkylation sites (tertiary alicyclic amines) is 1. The average molecular weight is 455 g/mol. The highest BCUT2D eigenvalue weighted by Crippen LogP contribution is 2.35. The number of methoxy groups -OCH3 is 1. The van der Waals surface area contributed by atoms with Gasteiger partial charge in [0.2, 0.25) is 5.91 Å². The third kappa shape index (κ3) is 5.74. The predicted octanol–water partition coefficient (Wildman–Crippen LogP) is 3.63. The van der Waals surface area contributed by atoms with E-state index in [0.717, 1.165) is 5.56 Å². The maximum atomic E-state index is 13.2. The summed E-state index contributed by atoms with van der Waals surface area (Å²) >= 11 is 0. The van der Waals surface area contributed by atoms with Crippen LogP contribution in [0.5, 0.6) is 5.75 Å². The minimum atomic E-state index is -0.773. The lowest BCUT2D eigenvalue weighted by Crippen LogP contribution is -2.42. The molecule has 2 aromatic carbocycles. The zero-order valence-corrected chi connectivity index (χ0v) is 18.7. The van der Waals surface area contributed by atoms with Gasteiger partial charge in [0.15, 0.2) is 0 Å². The van der Waals surface area contributed by atoms with E-state index in [1.54, 1.807) is 33.1 Å². The normalized spacial score (nSPS) is 18.9. The molecule has 2 unspecified atom stereocenters. The van der Waals surface area contributed by atoms with Crippen molar-refractivity contribution < 1.29 is 28.2 Å². The molecule has 3 atom stereocenters. The van der Waals surface area contributed by atoms with Crippen LogP contribution < -0.4 is 10.1 Å². The summed E-state index contributed by atoms with van der Waals surface area (Å²) in [5.41, 5.74) is 1.22. The van der Waals surface area contributed by atoms with Crippen LogP contribution in [0.3, 0.4) is 0 Å². The summed E-state index contributed by atoms with van der Waals surface area (Å²) in [5.74, 6) is -1.66. The molecule has 1 aliphatic heterocycles. The van der Waals surface area contributed by atoms with E-state index in [1.807, 2.05) is 12.1 Å². The highest BCUT2D eigenvalue weighted by molar-refractivity contribution is 6.03. The molecule has 0 spiro atoms. The molecule has 3 rings (SSSR count). The quantitative estimate of drug-likeness (QED) is 0.508. The van der Waals surface area contributed by atoms with Gasteiger partial charge in [0.05, 0.1) is 19.6 Å². The van der Waals surface area contributed by atoms with Gasteiger partial charge in [0.1, 0.15) is 17.6 Å². The maximum Gasteiger partial charge on any atom is 0.345 e. The second-order valence-corrected chi connectivity index (χ2v) is 7.54. The van der Waals surface area contributed by atoms with Crippen LogP contribution in [0.1, 0.15) is 25.3 Å². The van der Waals surface area contributed by atoms with Gasteiger partial charge < -0.3 is 19.7 Å². The Bertz CT molecular complexity index is 1020. The number of esters is 1. The van der Waals surface area contributed by atoms with E-state index in [9.17, 15) is 18.8 Å². The summed E-state index contributed by atoms with van der Waals surface area (Å²) in [6.07, 6.45) is 1.30. The first-order valence-electron chi connectivity index (χ1n) is 10.6. The molecule has 3 amide bonds. The molecular formula is C24H26FN3O5. The van der Waals surface area contributed by atoms with E-state index in [-0.39, 0.29) is 25.0 Å². The summed E-state index contributed by atoms with van der Waals surface area (Å²) < 4.78 is 23.3. The molecule has 2 aromatic rings. The number of hydrogen-bond donors (Lipinski definition) is 1. The Kier molecular flexibility index (Phi) is 7.76. The smallest absolute Gasteiger partial charge is 0.345 e. The van der Waals surface area contributed by atoms with Crippen LogP contribution >= 0.6 is 0 Å². The second-order valence-electron chi connectivity index (χ2n) is 7.54. The van der Waals surface area contributed by atoms with Gasteiger partial charge >= 0.3 is 12.0 Å². The summed E-state index contributed by atoms with van der Waals surface area (Å²) in [5, 5.41) is 2.53. The highest BCUT2D eigenvalue weighted by Gasteiger charge is 2.44. The lowest BCUT2D eigenvalue weighted by Gasteiger charge is -2.23. The molecule has 1 saturated heterocycles. The number of carbonyl (C=O) groups is 3. The Hall–Kier alpha value is -3.75. The number of ether oxygens (including phenoxy) is 2. The number of urea groups is 1. The predicted molar refractivity (Wildman–Crippen MR) is 121 cm³/mol. The van der Waals surface area contributed by atoms with Crippen LogP contribution in [0.25, 0.3) is 0 Å². The molecule has 0 saturated carbocycles. The fourth-order valence-corrected chi connectivity index (χ4v) is 3.69. The number of nitrogens with zero attached hydrogens (tertiary/aromatic N) is 2. The zero-order valence-electron chi connectivity index (χ0n) is 18.7. The van der Waals surface area contributed by atoms with Crippen LogP contribution in [0.2, 0.25) is 0 Å². The van der Waals surface area contributed by atoms with Crippen molar-refractivity contribution in [2.75, 3.05) is 25.6 Å². The zero-order chi connectivity index (χ0) is 24.0. The summed E-state index contributed by atoms with van der Waals surface area (Å²) in [6, 6.07) is 11.0. The lowest BCUT2D eigenvalue weighted by atomic mass is 9.89. The average Bonchev–Trinajstić information content (AvgIpc) is 3.15. The largest absolute Gasteiger partial charge is 0.497 e. The van der Waals surface area contributed by atoms with Gasteiger partial charge in [-0.05, 0) is 55.8 Å². The van der Waals surface area contributed by atoms with E-state index in [1.165, 1.54) is 35.4 Å². The van der Waals surface area contributed by atoms with Crippen LogP contribution in [0.15, 0.2) is 53.5 Å². The van der Waals surface area contributed by atoms with E-state index >= 15 is 0 Å². The number of carbonyl (C=O) groups excluding carboxylic acids is 3. The van der Waals surface area contributed by atoms with Gasteiger partial charge in [-0.2, -0.15) is 0 Å². The van der Waals surface area contributed by atoms with Gasteiger partial charge in [-0.3, -0.25) is 4.79 Å². The van der Waals surface area contributed by atoms with Crippen LogP contribution in [0.4, 0.5) is 14.9 Å². The molecule has 0 aromatic heterocycles. The molecular weight excluding hydrogens is 429 g/mol. The van der Waals surface area contributed by atoms with Gasteiger partial charge in [-0.1, -0.05) is 12.1 Å². The van der Waals surface area contributed by atoms with Crippen molar-refractivity contribution in [2.24, 2.45) is 10.9 Å². The molecule has 9 heteroatoms. The van der Waals surface area contributed by atoms with Crippen LogP contribution in [-0.4, -0.2) is 55.3 Å². The molecule has 0 radical (unpaired) electrons. The van der Waals surface area contributed by atoms with Crippen molar-refractivity contribution in [3.05, 3.63) is 59.9 Å². The van der Waals surface area contributed by atoms with Crippen molar-refractivity contribution in [2.45, 2.75) is 25.8 Å². The standard InChI is InChI=1S/C24H26FN3O5/c1-4-33-23(30)15(2)28-14-21(16-5-11-19(32-3)12-6-16)20(22(28)29)13-26-24(31)27-18-9-7-17(25)8-10-18/h5-13,15,20-21H,4,14H2,1-3H3,(H,27,31)/t15?,20?,21-/m0/s1. The number of aliphatic imine (C=N–C) groups is 1. The molecule has 33 heavy (non-hydrogen) atoms. The fourth-order valence-electron chi connectivity index (χ4n) is 3.69. The Balaban J connectivity index is 1.82. The summed E-state index contributed by atoms with van der Waals surface area (Å²) in [4.78, 5) is 43.1. The number of amides is 3. The maximum absolute atomic E-state index is 13.2. The third-order valence-electron chi connectivity index (χ3n) is 5.48. The molecule has 1 fully saturated rings.